The second-order valence-corrected chi connectivity index (χ2v) is 8.81. The smallest absolute Gasteiger partial charge is 0.225 e. The fourth-order valence-corrected chi connectivity index (χ4v) is 5.11. The number of nitrogens with zero attached hydrogens (tertiary/aromatic N) is 6. The summed E-state index contributed by atoms with van der Waals surface area (Å²) in [5.74, 6) is 1.68. The number of benzene rings is 1. The van der Waals surface area contributed by atoms with Crippen molar-refractivity contribution in [1.82, 2.24) is 24.6 Å². The first-order valence-electron chi connectivity index (χ1n) is 11.9. The van der Waals surface area contributed by atoms with Crippen molar-refractivity contribution < 1.29 is 9.84 Å². The fourth-order valence-electron chi connectivity index (χ4n) is 5.11. The fraction of sp³-hybridized carbons (Fsp3) is 0.480. The second kappa shape index (κ2) is 9.89. The first-order chi connectivity index (χ1) is 16.3. The summed E-state index contributed by atoms with van der Waals surface area (Å²) in [7, 11) is 1.70. The number of aromatic nitrogens is 4. The predicted molar refractivity (Wildman–Crippen MR) is 127 cm³/mol. The molecule has 2 aliphatic rings. The normalized spacial score (nSPS) is 18.8. The highest BCUT2D eigenvalue weighted by Crippen LogP contribution is 2.38. The van der Waals surface area contributed by atoms with E-state index in [0.29, 0.717) is 6.54 Å². The summed E-state index contributed by atoms with van der Waals surface area (Å²) in [4.78, 5) is 14.2. The Hall–Kier alpha value is -2.97. The van der Waals surface area contributed by atoms with Gasteiger partial charge in [-0.15, -0.1) is 0 Å². The minimum Gasteiger partial charge on any atom is -0.497 e. The van der Waals surface area contributed by atoms with Gasteiger partial charge in [-0.1, -0.05) is 12.1 Å². The molecule has 2 aliphatic heterocycles. The molecule has 1 atom stereocenters. The maximum absolute atomic E-state index is 9.69. The highest BCUT2D eigenvalue weighted by atomic mass is 16.5. The van der Waals surface area contributed by atoms with Gasteiger partial charge >= 0.3 is 0 Å². The van der Waals surface area contributed by atoms with E-state index in [9.17, 15) is 5.11 Å². The number of anilines is 1. The molecule has 0 saturated carbocycles. The van der Waals surface area contributed by atoms with Gasteiger partial charge in [-0.2, -0.15) is 5.10 Å². The van der Waals surface area contributed by atoms with Crippen LogP contribution in [0.15, 0.2) is 42.7 Å². The Morgan fingerprint density at radius 2 is 2.00 bits per heavy atom. The predicted octanol–water partition coefficient (Wildman–Crippen LogP) is 3.28. The summed E-state index contributed by atoms with van der Waals surface area (Å²) >= 11 is 0. The van der Waals surface area contributed by atoms with Crippen molar-refractivity contribution in [2.45, 2.75) is 44.8 Å². The van der Waals surface area contributed by atoms with Crippen LogP contribution in [0.3, 0.4) is 0 Å². The molecule has 5 rings (SSSR count). The Labute approximate surface area is 194 Å². The quantitative estimate of drug-likeness (QED) is 0.566. The van der Waals surface area contributed by atoms with Gasteiger partial charge in [0.2, 0.25) is 5.95 Å². The van der Waals surface area contributed by atoms with Gasteiger partial charge in [-0.05, 0) is 56.0 Å². The van der Waals surface area contributed by atoms with Crippen molar-refractivity contribution in [3.8, 4) is 17.0 Å². The number of hydrogen-bond acceptors (Lipinski definition) is 7. The lowest BCUT2D eigenvalue weighted by molar-refractivity contribution is 0.226. The maximum atomic E-state index is 9.69. The molecule has 4 heterocycles. The summed E-state index contributed by atoms with van der Waals surface area (Å²) in [6.07, 6.45) is 8.32. The van der Waals surface area contributed by atoms with Gasteiger partial charge in [0, 0.05) is 31.4 Å². The first-order valence-corrected chi connectivity index (χ1v) is 11.9. The summed E-state index contributed by atoms with van der Waals surface area (Å²) < 4.78 is 7.38. The summed E-state index contributed by atoms with van der Waals surface area (Å²) in [5, 5.41) is 14.4. The van der Waals surface area contributed by atoms with Crippen molar-refractivity contribution >= 4 is 5.95 Å². The Morgan fingerprint density at radius 3 is 2.82 bits per heavy atom. The van der Waals surface area contributed by atoms with Crippen LogP contribution in [0.4, 0.5) is 5.95 Å². The highest BCUT2D eigenvalue weighted by molar-refractivity contribution is 5.63. The Bertz CT molecular complexity index is 1080. The van der Waals surface area contributed by atoms with E-state index >= 15 is 0 Å². The molecule has 33 heavy (non-hydrogen) atoms. The molecule has 3 aromatic rings. The van der Waals surface area contributed by atoms with Gasteiger partial charge in [-0.3, -0.25) is 9.58 Å². The molecule has 2 fully saturated rings. The van der Waals surface area contributed by atoms with Crippen molar-refractivity contribution in [3.63, 3.8) is 0 Å². The molecule has 0 bridgehead atoms. The van der Waals surface area contributed by atoms with E-state index in [0.717, 1.165) is 67.7 Å². The van der Waals surface area contributed by atoms with Crippen LogP contribution in [0.5, 0.6) is 5.75 Å². The number of aliphatic hydroxyl groups excluding tert-OH is 1. The van der Waals surface area contributed by atoms with E-state index in [1.54, 1.807) is 7.11 Å². The SMILES string of the molecule is COc1cccc(CN2CCC[C@@H]2c2c(-c3ccnc(N4CCCC4)n3)cnn2CCO)c1. The number of likely N-dealkylation sites (tertiary alicyclic amines) is 1. The number of methoxy groups -OCH3 is 1. The van der Waals surface area contributed by atoms with Gasteiger partial charge in [0.25, 0.3) is 0 Å². The topological polar surface area (TPSA) is 79.5 Å². The van der Waals surface area contributed by atoms with Crippen molar-refractivity contribution in [1.29, 1.82) is 0 Å². The molecule has 2 saturated heterocycles. The largest absolute Gasteiger partial charge is 0.497 e. The average Bonchev–Trinajstić information content (AvgIpc) is 3.61. The van der Waals surface area contributed by atoms with Crippen LogP contribution in [0.2, 0.25) is 0 Å². The van der Waals surface area contributed by atoms with Gasteiger partial charge in [0.05, 0.1) is 43.9 Å². The lowest BCUT2D eigenvalue weighted by Crippen LogP contribution is -2.26. The van der Waals surface area contributed by atoms with Crippen molar-refractivity contribution in [2.24, 2.45) is 0 Å². The molecular formula is C25H32N6O2. The number of hydrogen-bond donors (Lipinski definition) is 1. The van der Waals surface area contributed by atoms with Crippen molar-refractivity contribution in [3.05, 3.63) is 54.0 Å². The van der Waals surface area contributed by atoms with Gasteiger partial charge in [-0.25, -0.2) is 9.97 Å². The molecule has 0 unspecified atom stereocenters. The van der Waals surface area contributed by atoms with Gasteiger partial charge < -0.3 is 14.7 Å². The minimum atomic E-state index is 0.0551. The summed E-state index contributed by atoms with van der Waals surface area (Å²) in [5.41, 5.74) is 4.30. The third kappa shape index (κ3) is 4.58. The second-order valence-electron chi connectivity index (χ2n) is 8.81. The minimum absolute atomic E-state index is 0.0551. The third-order valence-corrected chi connectivity index (χ3v) is 6.70. The zero-order valence-electron chi connectivity index (χ0n) is 19.2. The van der Waals surface area contributed by atoms with Crippen LogP contribution >= 0.6 is 0 Å². The van der Waals surface area contributed by atoms with E-state index in [1.165, 1.54) is 18.4 Å². The highest BCUT2D eigenvalue weighted by Gasteiger charge is 2.32. The van der Waals surface area contributed by atoms with Crippen LogP contribution in [-0.2, 0) is 13.1 Å². The molecule has 0 aliphatic carbocycles. The molecule has 8 nitrogen and oxygen atoms in total. The number of rotatable bonds is 8. The molecule has 2 aromatic heterocycles. The summed E-state index contributed by atoms with van der Waals surface area (Å²) in [6, 6.07) is 10.5. The van der Waals surface area contributed by atoms with Crippen LogP contribution in [-0.4, -0.2) is 63.1 Å². The van der Waals surface area contributed by atoms with E-state index in [1.807, 2.05) is 35.3 Å². The third-order valence-electron chi connectivity index (χ3n) is 6.70. The number of aliphatic hydroxyl groups is 1. The standard InChI is InChI=1S/C25H32N6O2/c1-33-20-7-4-6-19(16-20)18-30-13-5-8-23(30)24-21(17-27-31(24)14-15-32)22-9-10-26-25(28-22)29-11-2-3-12-29/h4,6-7,9-10,16-17,23,32H,2-3,5,8,11-15,18H2,1H3/t23-/m1/s1. The van der Waals surface area contributed by atoms with E-state index in [2.05, 4.69) is 32.0 Å². The number of ether oxygens (including phenoxy) is 1. The molecule has 0 radical (unpaired) electrons. The summed E-state index contributed by atoms with van der Waals surface area (Å²) in [6.45, 7) is 4.42. The Kier molecular flexibility index (Phi) is 6.55. The van der Waals surface area contributed by atoms with Gasteiger partial charge in [0.15, 0.2) is 0 Å². The van der Waals surface area contributed by atoms with E-state index < -0.39 is 0 Å². The Balaban J connectivity index is 1.48. The average molecular weight is 449 g/mol. The molecule has 8 heteroatoms. The van der Waals surface area contributed by atoms with Crippen LogP contribution in [0.1, 0.15) is 43.0 Å². The molecule has 1 aromatic carbocycles. The van der Waals surface area contributed by atoms with E-state index in [4.69, 9.17) is 9.72 Å². The molecular weight excluding hydrogens is 416 g/mol. The van der Waals surface area contributed by atoms with Crippen LogP contribution in [0, 0.1) is 0 Å². The molecule has 1 N–H and O–H groups in total. The van der Waals surface area contributed by atoms with Gasteiger partial charge in [0.1, 0.15) is 5.75 Å². The zero-order valence-corrected chi connectivity index (χ0v) is 19.2. The molecule has 0 spiro atoms. The van der Waals surface area contributed by atoms with Crippen molar-refractivity contribution in [2.75, 3.05) is 38.3 Å². The molecule has 0 amide bonds. The lowest BCUT2D eigenvalue weighted by Gasteiger charge is -2.26. The van der Waals surface area contributed by atoms with Crippen LogP contribution < -0.4 is 9.64 Å². The maximum Gasteiger partial charge on any atom is 0.225 e. The zero-order chi connectivity index (χ0) is 22.6. The Morgan fingerprint density at radius 1 is 1.12 bits per heavy atom. The molecule has 174 valence electrons. The lowest BCUT2D eigenvalue weighted by atomic mass is 10.0. The first kappa shape index (κ1) is 21.9. The van der Waals surface area contributed by atoms with Crippen LogP contribution in [0.25, 0.3) is 11.3 Å². The monoisotopic (exact) mass is 448 g/mol. The van der Waals surface area contributed by atoms with E-state index in [-0.39, 0.29) is 12.6 Å².